The van der Waals surface area contributed by atoms with Gasteiger partial charge < -0.3 is 10.3 Å². The third-order valence-corrected chi connectivity index (χ3v) is 5.68. The Bertz CT molecular complexity index is 675. The van der Waals surface area contributed by atoms with Crippen LogP contribution in [0.2, 0.25) is 0 Å². The van der Waals surface area contributed by atoms with Gasteiger partial charge in [0.2, 0.25) is 5.91 Å². The Labute approximate surface area is 145 Å². The normalized spacial score (nSPS) is 22.4. The van der Waals surface area contributed by atoms with Gasteiger partial charge >= 0.3 is 0 Å². The number of rotatable bonds is 6. The van der Waals surface area contributed by atoms with Crippen molar-refractivity contribution >= 4 is 16.8 Å². The molecule has 1 aromatic carbocycles. The number of benzene rings is 1. The molecule has 3 heteroatoms. The summed E-state index contributed by atoms with van der Waals surface area (Å²) in [6.45, 7) is 5.18. The summed E-state index contributed by atoms with van der Waals surface area (Å²) in [6.07, 6.45) is 9.37. The Kier molecular flexibility index (Phi) is 5.60. The van der Waals surface area contributed by atoms with Gasteiger partial charge in [-0.05, 0) is 42.7 Å². The number of para-hydroxylation sites is 1. The molecule has 1 aliphatic carbocycles. The second-order valence-electron chi connectivity index (χ2n) is 7.52. The second-order valence-corrected chi connectivity index (χ2v) is 7.52. The highest BCUT2D eigenvalue weighted by molar-refractivity contribution is 5.84. The molecule has 1 amide bonds. The van der Waals surface area contributed by atoms with Crippen molar-refractivity contribution < 1.29 is 4.79 Å². The van der Waals surface area contributed by atoms with Gasteiger partial charge in [0.1, 0.15) is 0 Å². The van der Waals surface area contributed by atoms with E-state index in [0.29, 0.717) is 5.92 Å². The number of aromatic amines is 1. The summed E-state index contributed by atoms with van der Waals surface area (Å²) in [5.74, 6) is 1.74. The van der Waals surface area contributed by atoms with E-state index < -0.39 is 0 Å². The highest BCUT2D eigenvalue weighted by Crippen LogP contribution is 2.30. The predicted octanol–water partition coefficient (Wildman–Crippen LogP) is 4.68. The quantitative estimate of drug-likeness (QED) is 0.795. The lowest BCUT2D eigenvalue weighted by Crippen LogP contribution is -2.35. The first-order valence-electron chi connectivity index (χ1n) is 9.50. The molecule has 24 heavy (non-hydrogen) atoms. The van der Waals surface area contributed by atoms with Crippen LogP contribution in [0.15, 0.2) is 30.5 Å². The summed E-state index contributed by atoms with van der Waals surface area (Å²) in [7, 11) is 0. The molecule has 1 unspecified atom stereocenters. The third-order valence-electron chi connectivity index (χ3n) is 5.68. The van der Waals surface area contributed by atoms with Crippen molar-refractivity contribution in [3.05, 3.63) is 36.0 Å². The molecule has 0 aliphatic heterocycles. The molecule has 130 valence electrons. The van der Waals surface area contributed by atoms with E-state index >= 15 is 0 Å². The lowest BCUT2D eigenvalue weighted by Gasteiger charge is -2.28. The molecule has 3 atom stereocenters. The van der Waals surface area contributed by atoms with Gasteiger partial charge in [0.05, 0.1) is 0 Å². The molecule has 0 bridgehead atoms. The molecule has 3 rings (SSSR count). The van der Waals surface area contributed by atoms with E-state index in [1.807, 2.05) is 19.2 Å². The Hall–Kier alpha value is -1.77. The van der Waals surface area contributed by atoms with Gasteiger partial charge in [0, 0.05) is 29.6 Å². The van der Waals surface area contributed by atoms with Crippen LogP contribution in [0.1, 0.15) is 51.5 Å². The first kappa shape index (κ1) is 17.1. The second kappa shape index (κ2) is 7.87. The monoisotopic (exact) mass is 326 g/mol. The minimum atomic E-state index is 0.00905. The Morgan fingerprint density at radius 2 is 2.08 bits per heavy atom. The van der Waals surface area contributed by atoms with Crippen LogP contribution < -0.4 is 5.32 Å². The molecule has 0 radical (unpaired) electrons. The Balaban J connectivity index is 1.51. The molecular formula is C21H30N2O. The third kappa shape index (κ3) is 4.00. The zero-order valence-corrected chi connectivity index (χ0v) is 15.0. The highest BCUT2D eigenvalue weighted by Gasteiger charge is 2.22. The SMILES string of the molecule is CC[C@@H]1CCCC(CNC(=O)[C@@H](C)Cc2c[nH]c3ccccc23)C1. The smallest absolute Gasteiger partial charge is 0.223 e. The fourth-order valence-electron chi connectivity index (χ4n) is 4.10. The van der Waals surface area contributed by atoms with Crippen molar-refractivity contribution in [2.75, 3.05) is 6.54 Å². The maximum atomic E-state index is 12.5. The lowest BCUT2D eigenvalue weighted by molar-refractivity contribution is -0.124. The number of H-pyrrole nitrogens is 1. The summed E-state index contributed by atoms with van der Waals surface area (Å²) in [6, 6.07) is 8.29. The average molecular weight is 326 g/mol. The number of carbonyl (C=O) groups excluding carboxylic acids is 1. The van der Waals surface area contributed by atoms with Crippen molar-refractivity contribution in [3.63, 3.8) is 0 Å². The average Bonchev–Trinajstić information content (AvgIpc) is 3.03. The Morgan fingerprint density at radius 1 is 1.29 bits per heavy atom. The summed E-state index contributed by atoms with van der Waals surface area (Å²) in [4.78, 5) is 15.8. The predicted molar refractivity (Wildman–Crippen MR) is 99.9 cm³/mol. The van der Waals surface area contributed by atoms with Gasteiger partial charge in [-0.2, -0.15) is 0 Å². The van der Waals surface area contributed by atoms with Crippen LogP contribution in [0.4, 0.5) is 0 Å². The molecule has 1 aromatic heterocycles. The number of fused-ring (bicyclic) bond motifs is 1. The van der Waals surface area contributed by atoms with Crippen LogP contribution >= 0.6 is 0 Å². The lowest BCUT2D eigenvalue weighted by atomic mass is 9.80. The van der Waals surface area contributed by atoms with Gasteiger partial charge in [0.15, 0.2) is 0 Å². The number of nitrogens with one attached hydrogen (secondary N) is 2. The van der Waals surface area contributed by atoms with Crippen molar-refractivity contribution in [1.82, 2.24) is 10.3 Å². The fraction of sp³-hybridized carbons (Fsp3) is 0.571. The fourth-order valence-corrected chi connectivity index (χ4v) is 4.10. The van der Waals surface area contributed by atoms with E-state index in [1.54, 1.807) is 0 Å². The molecule has 1 aliphatic rings. The minimum absolute atomic E-state index is 0.00905. The molecule has 1 heterocycles. The number of hydrogen-bond donors (Lipinski definition) is 2. The largest absolute Gasteiger partial charge is 0.361 e. The molecule has 2 aromatic rings. The van der Waals surface area contributed by atoms with E-state index in [0.717, 1.165) is 24.4 Å². The summed E-state index contributed by atoms with van der Waals surface area (Å²) in [5, 5.41) is 4.44. The molecular weight excluding hydrogens is 296 g/mol. The van der Waals surface area contributed by atoms with Crippen LogP contribution in [0.25, 0.3) is 10.9 Å². The van der Waals surface area contributed by atoms with Crippen LogP contribution in [0.3, 0.4) is 0 Å². The van der Waals surface area contributed by atoms with Crippen molar-refractivity contribution in [2.45, 2.75) is 52.4 Å². The highest BCUT2D eigenvalue weighted by atomic mass is 16.1. The minimum Gasteiger partial charge on any atom is -0.361 e. The summed E-state index contributed by atoms with van der Waals surface area (Å²) < 4.78 is 0. The van der Waals surface area contributed by atoms with Gasteiger partial charge in [-0.1, -0.05) is 51.3 Å². The van der Waals surface area contributed by atoms with E-state index in [9.17, 15) is 4.79 Å². The van der Waals surface area contributed by atoms with E-state index in [-0.39, 0.29) is 11.8 Å². The molecule has 1 fully saturated rings. The van der Waals surface area contributed by atoms with Gasteiger partial charge in [-0.3, -0.25) is 4.79 Å². The van der Waals surface area contributed by atoms with E-state index in [2.05, 4.69) is 35.4 Å². The first-order valence-corrected chi connectivity index (χ1v) is 9.50. The van der Waals surface area contributed by atoms with Crippen molar-refractivity contribution in [2.24, 2.45) is 17.8 Å². The standard InChI is InChI=1S/C21H30N2O/c1-3-16-7-6-8-17(12-16)13-23-21(24)15(2)11-18-14-22-20-10-5-4-9-19(18)20/h4-5,9-10,14-17,22H,3,6-8,11-13H2,1-2H3,(H,23,24)/t15-,16+,17?/m0/s1. The first-order chi connectivity index (χ1) is 11.7. The molecule has 0 saturated heterocycles. The van der Waals surface area contributed by atoms with Crippen LogP contribution in [0.5, 0.6) is 0 Å². The van der Waals surface area contributed by atoms with Crippen LogP contribution in [0, 0.1) is 17.8 Å². The van der Waals surface area contributed by atoms with Crippen molar-refractivity contribution in [1.29, 1.82) is 0 Å². The summed E-state index contributed by atoms with van der Waals surface area (Å²) in [5.41, 5.74) is 2.38. The number of hydrogen-bond acceptors (Lipinski definition) is 1. The maximum Gasteiger partial charge on any atom is 0.223 e. The molecule has 1 saturated carbocycles. The van der Waals surface area contributed by atoms with E-state index in [4.69, 9.17) is 0 Å². The zero-order chi connectivity index (χ0) is 16.9. The summed E-state index contributed by atoms with van der Waals surface area (Å²) >= 11 is 0. The zero-order valence-electron chi connectivity index (χ0n) is 15.0. The molecule has 2 N–H and O–H groups in total. The maximum absolute atomic E-state index is 12.5. The topological polar surface area (TPSA) is 44.9 Å². The van der Waals surface area contributed by atoms with Gasteiger partial charge in [-0.25, -0.2) is 0 Å². The molecule has 3 nitrogen and oxygen atoms in total. The van der Waals surface area contributed by atoms with Gasteiger partial charge in [0.25, 0.3) is 0 Å². The van der Waals surface area contributed by atoms with Crippen molar-refractivity contribution in [3.8, 4) is 0 Å². The number of aromatic nitrogens is 1. The molecule has 0 spiro atoms. The van der Waals surface area contributed by atoms with E-state index in [1.165, 1.54) is 43.1 Å². The van der Waals surface area contributed by atoms with Crippen LogP contribution in [-0.4, -0.2) is 17.4 Å². The van der Waals surface area contributed by atoms with Gasteiger partial charge in [-0.15, -0.1) is 0 Å². The Morgan fingerprint density at radius 3 is 2.92 bits per heavy atom. The number of amides is 1. The number of carbonyl (C=O) groups is 1. The van der Waals surface area contributed by atoms with Crippen LogP contribution in [-0.2, 0) is 11.2 Å².